The molecule has 3 aromatic carbocycles. The summed E-state index contributed by atoms with van der Waals surface area (Å²) in [7, 11) is 6.32. The van der Waals surface area contributed by atoms with Crippen LogP contribution in [-0.2, 0) is 29.1 Å². The second-order valence-electron chi connectivity index (χ2n) is 8.48. The lowest BCUT2D eigenvalue weighted by Gasteiger charge is -2.29. The van der Waals surface area contributed by atoms with E-state index in [1.54, 1.807) is 52.4 Å². The first kappa shape index (κ1) is 27.4. The molecule has 0 fully saturated rings. The number of benzene rings is 3. The molecule has 0 aromatic heterocycles. The highest BCUT2D eigenvalue weighted by Crippen LogP contribution is 2.28. The van der Waals surface area contributed by atoms with E-state index in [0.29, 0.717) is 18.0 Å². The normalized spacial score (nSPS) is 11.3. The maximum absolute atomic E-state index is 13.5. The highest BCUT2D eigenvalue weighted by atomic mass is 16.5. The first-order chi connectivity index (χ1) is 17.9. The van der Waals surface area contributed by atoms with Gasteiger partial charge in [-0.1, -0.05) is 30.3 Å². The SMILES string of the molecule is COc1ccc(CNC(=O)[C@@H](C)N(Cc2ccc(OC)cc2)C(=O)Cc2ccc(OC)c(OC)c2)cc1. The van der Waals surface area contributed by atoms with Gasteiger partial charge in [-0.2, -0.15) is 0 Å². The first-order valence-corrected chi connectivity index (χ1v) is 11.9. The predicted molar refractivity (Wildman–Crippen MR) is 141 cm³/mol. The van der Waals surface area contributed by atoms with Crippen LogP contribution in [0.15, 0.2) is 66.7 Å². The molecular weight excluding hydrogens is 472 g/mol. The molecule has 8 heteroatoms. The number of hydrogen-bond acceptors (Lipinski definition) is 6. The number of carbonyl (C=O) groups excluding carboxylic acids is 2. The molecule has 0 spiro atoms. The van der Waals surface area contributed by atoms with E-state index in [9.17, 15) is 9.59 Å². The molecule has 3 rings (SSSR count). The molecular formula is C29H34N2O6. The lowest BCUT2D eigenvalue weighted by molar-refractivity contribution is -0.140. The Morgan fingerprint density at radius 2 is 1.27 bits per heavy atom. The Bertz CT molecular complexity index is 1180. The van der Waals surface area contributed by atoms with E-state index in [0.717, 1.165) is 28.2 Å². The maximum Gasteiger partial charge on any atom is 0.242 e. The summed E-state index contributed by atoms with van der Waals surface area (Å²) in [5, 5.41) is 2.94. The Balaban J connectivity index is 1.77. The van der Waals surface area contributed by atoms with Crippen molar-refractivity contribution in [2.45, 2.75) is 32.5 Å². The quantitative estimate of drug-likeness (QED) is 0.400. The molecule has 0 saturated heterocycles. The second kappa shape index (κ2) is 13.2. The molecule has 0 heterocycles. The number of nitrogens with zero attached hydrogens (tertiary/aromatic N) is 1. The van der Waals surface area contributed by atoms with Gasteiger partial charge in [0.2, 0.25) is 11.8 Å². The van der Waals surface area contributed by atoms with Gasteiger partial charge in [0.15, 0.2) is 11.5 Å². The van der Waals surface area contributed by atoms with Crippen LogP contribution in [0.2, 0.25) is 0 Å². The standard InChI is InChI=1S/C29H34N2O6/c1-20(29(33)30-18-21-6-11-24(34-2)12-7-21)31(19-22-8-13-25(35-3)14-9-22)28(32)17-23-10-15-26(36-4)27(16-23)37-5/h6-16,20H,17-19H2,1-5H3,(H,30,33)/t20-/m1/s1. The van der Waals surface area contributed by atoms with Gasteiger partial charge in [-0.25, -0.2) is 0 Å². The number of carbonyl (C=O) groups is 2. The van der Waals surface area contributed by atoms with Crippen molar-refractivity contribution in [1.82, 2.24) is 10.2 Å². The third-order valence-corrected chi connectivity index (χ3v) is 6.11. The molecule has 0 unspecified atom stereocenters. The fourth-order valence-electron chi connectivity index (χ4n) is 3.86. The molecule has 196 valence electrons. The predicted octanol–water partition coefficient (Wildman–Crippen LogP) is 4.00. The Hall–Kier alpha value is -4.20. The highest BCUT2D eigenvalue weighted by molar-refractivity contribution is 5.88. The molecule has 1 N–H and O–H groups in total. The summed E-state index contributed by atoms with van der Waals surface area (Å²) in [6.45, 7) is 2.35. The van der Waals surface area contributed by atoms with E-state index in [-0.39, 0.29) is 24.8 Å². The van der Waals surface area contributed by atoms with Crippen LogP contribution in [0, 0.1) is 0 Å². The average Bonchev–Trinajstić information content (AvgIpc) is 2.94. The lowest BCUT2D eigenvalue weighted by Crippen LogP contribution is -2.48. The van der Waals surface area contributed by atoms with Gasteiger partial charge in [0, 0.05) is 13.1 Å². The zero-order valence-electron chi connectivity index (χ0n) is 21.9. The highest BCUT2D eigenvalue weighted by Gasteiger charge is 2.26. The Labute approximate surface area is 218 Å². The van der Waals surface area contributed by atoms with Crippen LogP contribution < -0.4 is 24.3 Å². The van der Waals surface area contributed by atoms with Crippen LogP contribution in [0.5, 0.6) is 23.0 Å². The minimum absolute atomic E-state index is 0.104. The number of ether oxygens (including phenoxy) is 4. The smallest absolute Gasteiger partial charge is 0.242 e. The van der Waals surface area contributed by atoms with Crippen molar-refractivity contribution in [2.24, 2.45) is 0 Å². The molecule has 0 aliphatic rings. The van der Waals surface area contributed by atoms with E-state index in [2.05, 4.69) is 5.32 Å². The summed E-state index contributed by atoms with van der Waals surface area (Å²) in [5.41, 5.74) is 2.57. The van der Waals surface area contributed by atoms with E-state index in [4.69, 9.17) is 18.9 Å². The van der Waals surface area contributed by atoms with Crippen molar-refractivity contribution in [1.29, 1.82) is 0 Å². The van der Waals surface area contributed by atoms with Crippen molar-refractivity contribution >= 4 is 11.8 Å². The van der Waals surface area contributed by atoms with Crippen LogP contribution >= 0.6 is 0 Å². The third kappa shape index (κ3) is 7.39. The topological polar surface area (TPSA) is 86.3 Å². The van der Waals surface area contributed by atoms with Gasteiger partial charge in [0.05, 0.1) is 34.9 Å². The number of rotatable bonds is 12. The van der Waals surface area contributed by atoms with E-state index >= 15 is 0 Å². The fraction of sp³-hybridized carbons (Fsp3) is 0.310. The van der Waals surface area contributed by atoms with E-state index in [1.807, 2.05) is 54.6 Å². The van der Waals surface area contributed by atoms with E-state index in [1.165, 1.54) is 0 Å². The molecule has 0 aliphatic carbocycles. The second-order valence-corrected chi connectivity index (χ2v) is 8.48. The van der Waals surface area contributed by atoms with E-state index < -0.39 is 6.04 Å². The van der Waals surface area contributed by atoms with Gasteiger partial charge in [-0.3, -0.25) is 9.59 Å². The molecule has 8 nitrogen and oxygen atoms in total. The average molecular weight is 507 g/mol. The van der Waals surface area contributed by atoms with Crippen LogP contribution in [0.25, 0.3) is 0 Å². The third-order valence-electron chi connectivity index (χ3n) is 6.11. The number of amides is 2. The zero-order chi connectivity index (χ0) is 26.8. The van der Waals surface area contributed by atoms with Crippen LogP contribution in [0.3, 0.4) is 0 Å². The summed E-state index contributed by atoms with van der Waals surface area (Å²) < 4.78 is 21.1. The van der Waals surface area contributed by atoms with Gasteiger partial charge in [-0.05, 0) is 60.0 Å². The van der Waals surface area contributed by atoms with Gasteiger partial charge >= 0.3 is 0 Å². The molecule has 1 atom stereocenters. The van der Waals surface area contributed by atoms with Crippen molar-refractivity contribution in [3.05, 3.63) is 83.4 Å². The van der Waals surface area contributed by atoms with Gasteiger partial charge in [-0.15, -0.1) is 0 Å². The van der Waals surface area contributed by atoms with Gasteiger partial charge in [0.25, 0.3) is 0 Å². The largest absolute Gasteiger partial charge is 0.497 e. The van der Waals surface area contributed by atoms with Gasteiger partial charge in [0.1, 0.15) is 17.5 Å². The van der Waals surface area contributed by atoms with Crippen molar-refractivity contribution < 1.29 is 28.5 Å². The van der Waals surface area contributed by atoms with Crippen LogP contribution in [0.1, 0.15) is 23.6 Å². The molecule has 2 amide bonds. The molecule has 0 saturated carbocycles. The maximum atomic E-state index is 13.5. The Kier molecular flexibility index (Phi) is 9.77. The summed E-state index contributed by atoms with van der Waals surface area (Å²) in [5.74, 6) is 2.16. The molecule has 37 heavy (non-hydrogen) atoms. The summed E-state index contributed by atoms with van der Waals surface area (Å²) in [6.07, 6.45) is 0.104. The van der Waals surface area contributed by atoms with Crippen LogP contribution in [-0.4, -0.2) is 51.2 Å². The fourth-order valence-corrected chi connectivity index (χ4v) is 3.86. The monoisotopic (exact) mass is 506 g/mol. The molecule has 3 aromatic rings. The Morgan fingerprint density at radius 1 is 0.730 bits per heavy atom. The van der Waals surface area contributed by atoms with Gasteiger partial charge < -0.3 is 29.2 Å². The summed E-state index contributed by atoms with van der Waals surface area (Å²) in [4.78, 5) is 28.2. The number of hydrogen-bond donors (Lipinski definition) is 1. The lowest BCUT2D eigenvalue weighted by atomic mass is 10.1. The minimum Gasteiger partial charge on any atom is -0.497 e. The summed E-state index contributed by atoms with van der Waals surface area (Å²) in [6, 6.07) is 19.6. The molecule has 0 bridgehead atoms. The van der Waals surface area contributed by atoms with Crippen molar-refractivity contribution in [3.63, 3.8) is 0 Å². The minimum atomic E-state index is -0.701. The van der Waals surface area contributed by atoms with Crippen molar-refractivity contribution in [3.8, 4) is 23.0 Å². The summed E-state index contributed by atoms with van der Waals surface area (Å²) >= 11 is 0. The first-order valence-electron chi connectivity index (χ1n) is 11.9. The number of nitrogens with one attached hydrogen (secondary N) is 1. The number of methoxy groups -OCH3 is 4. The Morgan fingerprint density at radius 3 is 1.81 bits per heavy atom. The molecule has 0 radical (unpaired) electrons. The van der Waals surface area contributed by atoms with Crippen molar-refractivity contribution in [2.75, 3.05) is 28.4 Å². The van der Waals surface area contributed by atoms with Crippen LogP contribution in [0.4, 0.5) is 0 Å². The molecule has 0 aliphatic heterocycles. The zero-order valence-corrected chi connectivity index (χ0v) is 21.9.